The molecule has 0 saturated carbocycles. The maximum absolute atomic E-state index is 15.3. The van der Waals surface area contributed by atoms with Crippen LogP contribution >= 0.6 is 0 Å². The molecule has 0 aliphatic carbocycles. The van der Waals surface area contributed by atoms with Gasteiger partial charge < -0.3 is 14.5 Å². The smallest absolute Gasteiger partial charge is 0.162 e. The molecule has 47 heavy (non-hydrogen) atoms. The molecule has 5 rings (SSSR count). The van der Waals surface area contributed by atoms with Crippen molar-refractivity contribution in [1.29, 1.82) is 0 Å². The van der Waals surface area contributed by atoms with Crippen molar-refractivity contribution in [1.82, 2.24) is 4.98 Å². The number of carbonyl (C=O) groups is 1. The first-order valence-corrected chi connectivity index (χ1v) is 16.8. The summed E-state index contributed by atoms with van der Waals surface area (Å²) < 4.78 is 21.5. The number of allylic oxidation sites excluding steroid dienone is 2. The number of aliphatic hydroxyl groups excluding tert-OH is 1. The second-order valence-electron chi connectivity index (χ2n) is 13.0. The molecule has 0 aliphatic heterocycles. The van der Waals surface area contributed by atoms with E-state index >= 15 is 4.39 Å². The summed E-state index contributed by atoms with van der Waals surface area (Å²) >= 11 is 0. The van der Waals surface area contributed by atoms with Crippen LogP contribution in [0.2, 0.25) is 0 Å². The normalized spacial score (nSPS) is 11.9. The van der Waals surface area contributed by atoms with Crippen LogP contribution < -0.4 is 0 Å². The molecular formula is C41H49FIrNO3-. The van der Waals surface area contributed by atoms with Crippen molar-refractivity contribution in [2.75, 3.05) is 0 Å². The Balaban J connectivity index is 0.000000322. The number of hydrogen-bond donors (Lipinski definition) is 1. The first-order valence-electron chi connectivity index (χ1n) is 16.8. The van der Waals surface area contributed by atoms with E-state index in [0.29, 0.717) is 33.6 Å². The summed E-state index contributed by atoms with van der Waals surface area (Å²) in [4.78, 5) is 16.4. The van der Waals surface area contributed by atoms with E-state index in [1.807, 2.05) is 65.9 Å². The average Bonchev–Trinajstić information content (AvgIpc) is 3.38. The number of aliphatic hydroxyl groups is 1. The number of aryl methyl sites for hydroxylation is 3. The Morgan fingerprint density at radius 2 is 1.57 bits per heavy atom. The molecule has 1 radical (unpaired) electrons. The fourth-order valence-corrected chi connectivity index (χ4v) is 6.20. The van der Waals surface area contributed by atoms with Crippen LogP contribution in [0.5, 0.6) is 0 Å². The Morgan fingerprint density at radius 3 is 2.19 bits per heavy atom. The predicted octanol–water partition coefficient (Wildman–Crippen LogP) is 11.7. The van der Waals surface area contributed by atoms with Crippen molar-refractivity contribution in [3.8, 4) is 11.3 Å². The minimum Gasteiger partial charge on any atom is -0.512 e. The second-order valence-corrected chi connectivity index (χ2v) is 13.0. The number of hydrogen-bond acceptors (Lipinski definition) is 4. The van der Waals surface area contributed by atoms with Gasteiger partial charge in [0.2, 0.25) is 0 Å². The molecule has 0 spiro atoms. The minimum absolute atomic E-state index is 0. The first-order chi connectivity index (χ1) is 21.9. The van der Waals surface area contributed by atoms with Crippen molar-refractivity contribution < 1.29 is 38.8 Å². The maximum Gasteiger partial charge on any atom is 0.162 e. The van der Waals surface area contributed by atoms with Gasteiger partial charge in [0, 0.05) is 49.6 Å². The fraction of sp³-hybridized carbons (Fsp3) is 0.415. The van der Waals surface area contributed by atoms with Crippen LogP contribution in [-0.4, -0.2) is 15.9 Å². The molecule has 253 valence electrons. The number of nitrogens with zero attached hydrogens (tertiary/aromatic N) is 1. The zero-order chi connectivity index (χ0) is 33.7. The summed E-state index contributed by atoms with van der Waals surface area (Å²) in [5, 5.41) is 13.2. The van der Waals surface area contributed by atoms with Crippen LogP contribution in [0, 0.1) is 50.4 Å². The molecule has 3 aromatic carbocycles. The van der Waals surface area contributed by atoms with E-state index in [1.165, 1.54) is 11.6 Å². The monoisotopic (exact) mass is 815 g/mol. The van der Waals surface area contributed by atoms with Gasteiger partial charge >= 0.3 is 0 Å². The molecule has 0 bridgehead atoms. The van der Waals surface area contributed by atoms with Crippen molar-refractivity contribution in [2.45, 2.75) is 94.4 Å². The van der Waals surface area contributed by atoms with E-state index in [2.05, 4.69) is 43.1 Å². The van der Waals surface area contributed by atoms with E-state index in [1.54, 1.807) is 6.92 Å². The average molecular weight is 815 g/mol. The summed E-state index contributed by atoms with van der Waals surface area (Å²) in [7, 11) is 0. The van der Waals surface area contributed by atoms with E-state index < -0.39 is 0 Å². The van der Waals surface area contributed by atoms with Crippen LogP contribution in [0.4, 0.5) is 4.39 Å². The summed E-state index contributed by atoms with van der Waals surface area (Å²) in [5.74, 6) is 0.861. The van der Waals surface area contributed by atoms with Crippen LogP contribution in [-0.2, 0) is 31.3 Å². The Kier molecular flexibility index (Phi) is 13.5. The fourth-order valence-electron chi connectivity index (χ4n) is 6.20. The van der Waals surface area contributed by atoms with Crippen LogP contribution in [0.1, 0.15) is 89.5 Å². The Morgan fingerprint density at radius 1 is 0.936 bits per heavy atom. The molecule has 2 heterocycles. The Bertz CT molecular complexity index is 1880. The van der Waals surface area contributed by atoms with Gasteiger partial charge in [-0.3, -0.25) is 9.18 Å². The standard InChI is InChI=1S/C28H25FNO.C13H24O2.Ir/c1-15(2)10-19-6-7-21-20(14-19)8-9-30-27(21)23-12-18(5)26(29)25-22-11-16(3)17(4)13-24(22)31-28(23)25;1-5-10(6-2)12(14)9-13(15)11(7-3)8-4;/h6-9,11,13-15H,10H2,1-5H3;9-11,14H,5-8H2,1-4H3;/q-1;;/b;12-9-;. The van der Waals surface area contributed by atoms with Gasteiger partial charge in [-0.2, -0.15) is 0 Å². The molecule has 0 atom stereocenters. The van der Waals surface area contributed by atoms with Crippen LogP contribution in [0.3, 0.4) is 0 Å². The maximum atomic E-state index is 15.3. The summed E-state index contributed by atoms with van der Waals surface area (Å²) in [6.07, 6.45) is 7.75. The number of furan rings is 1. The molecule has 6 heteroatoms. The molecule has 0 aliphatic rings. The predicted molar refractivity (Wildman–Crippen MR) is 190 cm³/mol. The van der Waals surface area contributed by atoms with Gasteiger partial charge in [-0.25, -0.2) is 0 Å². The van der Waals surface area contributed by atoms with Gasteiger partial charge in [0.05, 0.1) is 17.2 Å². The summed E-state index contributed by atoms with van der Waals surface area (Å²) in [6.45, 7) is 18.3. The number of ketones is 1. The van der Waals surface area contributed by atoms with Crippen LogP contribution in [0.25, 0.3) is 44.0 Å². The van der Waals surface area contributed by atoms with Gasteiger partial charge in [0.25, 0.3) is 0 Å². The number of carbonyl (C=O) groups excluding carboxylic acids is 1. The molecule has 0 amide bonds. The van der Waals surface area contributed by atoms with Gasteiger partial charge in [-0.1, -0.05) is 77.8 Å². The number of halogens is 1. The topological polar surface area (TPSA) is 63.3 Å². The zero-order valence-corrected chi connectivity index (χ0v) is 31.7. The van der Waals surface area contributed by atoms with Crippen LogP contribution in [0.15, 0.2) is 58.8 Å². The van der Waals surface area contributed by atoms with Gasteiger partial charge in [-0.05, 0) is 109 Å². The second kappa shape index (κ2) is 16.7. The van der Waals surface area contributed by atoms with Crippen molar-refractivity contribution in [2.24, 2.45) is 17.8 Å². The number of fused-ring (bicyclic) bond motifs is 4. The summed E-state index contributed by atoms with van der Waals surface area (Å²) in [5.41, 5.74) is 6.69. The largest absolute Gasteiger partial charge is 0.512 e. The Hall–Kier alpha value is -3.34. The molecule has 0 unspecified atom stereocenters. The number of rotatable bonds is 10. The molecule has 0 saturated heterocycles. The quantitative estimate of drug-likeness (QED) is 0.0866. The molecule has 1 N–H and O–H groups in total. The van der Waals surface area contributed by atoms with E-state index in [0.717, 1.165) is 65.1 Å². The van der Waals surface area contributed by atoms with E-state index in [-0.39, 0.29) is 49.3 Å². The molecule has 4 nitrogen and oxygen atoms in total. The van der Waals surface area contributed by atoms with E-state index in [9.17, 15) is 9.90 Å². The SMILES string of the molecule is CCC(CC)C(=O)/C=C(\O)C(CC)CC.Cc1[c-]c(-c2nccc3cc(CC(C)C)ccc23)c2oc3cc(C)c(C)cc3c2c1F.[Ir]. The molecule has 0 fully saturated rings. The van der Waals surface area contributed by atoms with E-state index in [4.69, 9.17) is 4.42 Å². The zero-order valence-electron chi connectivity index (χ0n) is 29.3. The van der Waals surface area contributed by atoms with Gasteiger partial charge in [-0.15, -0.1) is 6.07 Å². The number of benzene rings is 3. The van der Waals surface area contributed by atoms with Crippen molar-refractivity contribution >= 4 is 38.5 Å². The van der Waals surface area contributed by atoms with Crippen molar-refractivity contribution in [3.63, 3.8) is 0 Å². The van der Waals surface area contributed by atoms with Gasteiger partial charge in [0.15, 0.2) is 5.78 Å². The van der Waals surface area contributed by atoms with Crippen molar-refractivity contribution in [3.05, 3.63) is 88.6 Å². The summed E-state index contributed by atoms with van der Waals surface area (Å²) in [6, 6.07) is 15.8. The number of pyridine rings is 1. The minimum atomic E-state index is -0.278. The first kappa shape index (κ1) is 38.1. The third-order valence-corrected chi connectivity index (χ3v) is 9.18. The third-order valence-electron chi connectivity index (χ3n) is 9.18. The molecule has 5 aromatic rings. The van der Waals surface area contributed by atoms with Gasteiger partial charge in [0.1, 0.15) is 5.58 Å². The molecule has 2 aromatic heterocycles. The Labute approximate surface area is 293 Å². The third kappa shape index (κ3) is 8.39. The number of aromatic nitrogens is 1. The molecular weight excluding hydrogens is 766 g/mol.